The van der Waals surface area contributed by atoms with E-state index in [1.807, 2.05) is 37.3 Å². The van der Waals surface area contributed by atoms with E-state index in [-0.39, 0.29) is 24.0 Å². The van der Waals surface area contributed by atoms with Gasteiger partial charge in [0.05, 0.1) is 12.5 Å². The molecule has 0 aliphatic carbocycles. The van der Waals surface area contributed by atoms with Gasteiger partial charge in [-0.3, -0.25) is 4.79 Å². The van der Waals surface area contributed by atoms with Crippen LogP contribution < -0.4 is 10.1 Å². The Labute approximate surface area is 155 Å². The molecule has 26 heavy (non-hydrogen) atoms. The van der Waals surface area contributed by atoms with Crippen LogP contribution in [-0.2, 0) is 16.6 Å². The van der Waals surface area contributed by atoms with Gasteiger partial charge in [0.15, 0.2) is 6.61 Å². The molecule has 1 unspecified atom stereocenters. The third kappa shape index (κ3) is 5.93. The minimum absolute atomic E-state index is 0.0201. The van der Waals surface area contributed by atoms with Crippen LogP contribution in [0.25, 0.3) is 0 Å². The van der Waals surface area contributed by atoms with Crippen molar-refractivity contribution in [1.82, 2.24) is 5.32 Å². The molecule has 1 N–H and O–H groups in total. The molecule has 136 valence electrons. The first-order valence-corrected chi connectivity index (χ1v) is 8.84. The zero-order valence-corrected chi connectivity index (χ0v) is 15.7. The maximum Gasteiger partial charge on any atom is 0.258 e. The fourth-order valence-corrected chi connectivity index (χ4v) is 3.08. The van der Waals surface area contributed by atoms with Crippen LogP contribution in [0, 0.1) is 11.3 Å². The Balaban J connectivity index is 1.80. The van der Waals surface area contributed by atoms with Gasteiger partial charge in [0, 0.05) is 6.04 Å². The molecular formula is C22H26N2O2. The number of ether oxygens (including phenoxy) is 1. The van der Waals surface area contributed by atoms with E-state index in [0.717, 1.165) is 12.0 Å². The second-order valence-electron chi connectivity index (χ2n) is 7.19. The third-order valence-corrected chi connectivity index (χ3v) is 4.36. The van der Waals surface area contributed by atoms with Crippen LogP contribution in [0.15, 0.2) is 54.6 Å². The van der Waals surface area contributed by atoms with Gasteiger partial charge in [-0.05, 0) is 42.0 Å². The summed E-state index contributed by atoms with van der Waals surface area (Å²) in [7, 11) is 0. The highest BCUT2D eigenvalue weighted by Gasteiger charge is 2.24. The number of nitrogens with zero attached hydrogens (tertiary/aromatic N) is 1. The second kappa shape index (κ2) is 9.05. The lowest BCUT2D eigenvalue weighted by Crippen LogP contribution is -2.39. The SMILES string of the molecule is CC(CC(C)(C)c1ccccc1)NC(=O)COc1ccc(CC#N)cc1. The molecule has 0 radical (unpaired) electrons. The summed E-state index contributed by atoms with van der Waals surface area (Å²) in [6, 6.07) is 19.7. The maximum absolute atomic E-state index is 12.1. The van der Waals surface area contributed by atoms with E-state index in [1.54, 1.807) is 12.1 Å². The number of benzene rings is 2. The molecular weight excluding hydrogens is 324 g/mol. The van der Waals surface area contributed by atoms with Crippen molar-refractivity contribution in [3.05, 3.63) is 65.7 Å². The molecule has 2 aromatic carbocycles. The van der Waals surface area contributed by atoms with Crippen LogP contribution in [0.2, 0.25) is 0 Å². The Hall–Kier alpha value is -2.80. The number of nitrogens with one attached hydrogen (secondary N) is 1. The second-order valence-corrected chi connectivity index (χ2v) is 7.19. The summed E-state index contributed by atoms with van der Waals surface area (Å²) in [5, 5.41) is 11.7. The first kappa shape index (κ1) is 19.5. The molecule has 4 nitrogen and oxygen atoms in total. The van der Waals surface area contributed by atoms with Gasteiger partial charge in [-0.15, -0.1) is 0 Å². The number of nitriles is 1. The van der Waals surface area contributed by atoms with E-state index in [4.69, 9.17) is 10.00 Å². The molecule has 2 rings (SSSR count). The van der Waals surface area contributed by atoms with Gasteiger partial charge in [0.1, 0.15) is 5.75 Å². The van der Waals surface area contributed by atoms with Gasteiger partial charge in [-0.2, -0.15) is 5.26 Å². The van der Waals surface area contributed by atoms with E-state index in [9.17, 15) is 4.79 Å². The van der Waals surface area contributed by atoms with Gasteiger partial charge in [-0.25, -0.2) is 0 Å². The monoisotopic (exact) mass is 350 g/mol. The summed E-state index contributed by atoms with van der Waals surface area (Å²) in [5.74, 6) is 0.488. The molecule has 0 fully saturated rings. The van der Waals surface area contributed by atoms with Gasteiger partial charge in [-0.1, -0.05) is 56.3 Å². The first-order valence-electron chi connectivity index (χ1n) is 8.84. The highest BCUT2D eigenvalue weighted by Crippen LogP contribution is 2.28. The van der Waals surface area contributed by atoms with Crippen molar-refractivity contribution in [2.75, 3.05) is 6.61 Å². The molecule has 0 saturated heterocycles. The molecule has 0 heterocycles. The summed E-state index contributed by atoms with van der Waals surface area (Å²) >= 11 is 0. The van der Waals surface area contributed by atoms with Crippen LogP contribution >= 0.6 is 0 Å². The van der Waals surface area contributed by atoms with Crippen LogP contribution in [0.4, 0.5) is 0 Å². The van der Waals surface area contributed by atoms with Crippen LogP contribution in [0.1, 0.15) is 38.3 Å². The zero-order chi connectivity index (χ0) is 19.0. The summed E-state index contributed by atoms with van der Waals surface area (Å²) in [4.78, 5) is 12.1. The number of hydrogen-bond acceptors (Lipinski definition) is 3. The maximum atomic E-state index is 12.1. The van der Waals surface area contributed by atoms with E-state index in [1.165, 1.54) is 5.56 Å². The van der Waals surface area contributed by atoms with Crippen LogP contribution in [0.3, 0.4) is 0 Å². The van der Waals surface area contributed by atoms with Crippen LogP contribution in [-0.4, -0.2) is 18.6 Å². The zero-order valence-electron chi connectivity index (χ0n) is 15.7. The van der Waals surface area contributed by atoms with Gasteiger partial charge in [0.2, 0.25) is 0 Å². The highest BCUT2D eigenvalue weighted by atomic mass is 16.5. The largest absolute Gasteiger partial charge is 0.484 e. The van der Waals surface area contributed by atoms with E-state index in [0.29, 0.717) is 12.2 Å². The van der Waals surface area contributed by atoms with Crippen molar-refractivity contribution in [1.29, 1.82) is 5.26 Å². The minimum atomic E-state index is -0.137. The van der Waals surface area contributed by atoms with Gasteiger partial charge in [0.25, 0.3) is 5.91 Å². The Morgan fingerprint density at radius 1 is 1.15 bits per heavy atom. The number of carbonyl (C=O) groups excluding carboxylic acids is 1. The summed E-state index contributed by atoms with van der Waals surface area (Å²) in [6.07, 6.45) is 1.21. The fourth-order valence-electron chi connectivity index (χ4n) is 3.08. The number of hydrogen-bond donors (Lipinski definition) is 1. The lowest BCUT2D eigenvalue weighted by atomic mass is 9.79. The highest BCUT2D eigenvalue weighted by molar-refractivity contribution is 5.77. The first-order chi connectivity index (χ1) is 12.4. The third-order valence-electron chi connectivity index (χ3n) is 4.36. The summed E-state index contributed by atoms with van der Waals surface area (Å²) in [6.45, 7) is 6.36. The van der Waals surface area contributed by atoms with E-state index >= 15 is 0 Å². The van der Waals surface area contributed by atoms with E-state index in [2.05, 4.69) is 37.4 Å². The van der Waals surface area contributed by atoms with Crippen molar-refractivity contribution in [3.8, 4) is 11.8 Å². The molecule has 0 bridgehead atoms. The lowest BCUT2D eigenvalue weighted by Gasteiger charge is -2.29. The van der Waals surface area contributed by atoms with Crippen molar-refractivity contribution in [3.63, 3.8) is 0 Å². The van der Waals surface area contributed by atoms with Crippen molar-refractivity contribution >= 4 is 5.91 Å². The predicted octanol–water partition coefficient (Wildman–Crippen LogP) is 4.00. The average Bonchev–Trinajstić information content (AvgIpc) is 2.61. The smallest absolute Gasteiger partial charge is 0.258 e. The number of rotatable bonds is 8. The Bertz CT molecular complexity index is 746. The quantitative estimate of drug-likeness (QED) is 0.782. The fraction of sp³-hybridized carbons (Fsp3) is 0.364. The minimum Gasteiger partial charge on any atom is -0.484 e. The van der Waals surface area contributed by atoms with Gasteiger partial charge >= 0.3 is 0 Å². The molecule has 0 aliphatic rings. The average molecular weight is 350 g/mol. The predicted molar refractivity (Wildman–Crippen MR) is 103 cm³/mol. The number of carbonyl (C=O) groups is 1. The molecule has 0 aliphatic heterocycles. The number of amides is 1. The molecule has 1 atom stereocenters. The van der Waals surface area contributed by atoms with E-state index < -0.39 is 0 Å². The lowest BCUT2D eigenvalue weighted by molar-refractivity contribution is -0.123. The van der Waals surface area contributed by atoms with Crippen molar-refractivity contribution < 1.29 is 9.53 Å². The van der Waals surface area contributed by atoms with Crippen molar-refractivity contribution in [2.45, 2.75) is 45.1 Å². The van der Waals surface area contributed by atoms with Crippen LogP contribution in [0.5, 0.6) is 5.75 Å². The topological polar surface area (TPSA) is 62.1 Å². The summed E-state index contributed by atoms with van der Waals surface area (Å²) < 4.78 is 5.52. The molecule has 1 amide bonds. The Morgan fingerprint density at radius 2 is 1.81 bits per heavy atom. The van der Waals surface area contributed by atoms with Gasteiger partial charge < -0.3 is 10.1 Å². The molecule has 0 aromatic heterocycles. The summed E-state index contributed by atoms with van der Waals surface area (Å²) in [5.41, 5.74) is 2.17. The molecule has 2 aromatic rings. The van der Waals surface area contributed by atoms with Crippen molar-refractivity contribution in [2.24, 2.45) is 0 Å². The molecule has 0 spiro atoms. The Kier molecular flexibility index (Phi) is 6.80. The Morgan fingerprint density at radius 3 is 2.42 bits per heavy atom. The standard InChI is InChI=1S/C22H26N2O2/c1-17(15-22(2,3)19-7-5-4-6-8-19)24-21(25)16-26-20-11-9-18(10-12-20)13-14-23/h4-12,17H,13,15-16H2,1-3H3,(H,24,25). The molecule has 4 heteroatoms. The molecule has 0 saturated carbocycles. The normalized spacial score (nSPS) is 12.1.